The summed E-state index contributed by atoms with van der Waals surface area (Å²) in [7, 11) is 1.71. The number of hydrogen-bond acceptors (Lipinski definition) is 7. The molecule has 1 amide bonds. The summed E-state index contributed by atoms with van der Waals surface area (Å²) in [5.74, 6) is -0.227. The number of rotatable bonds is 6. The zero-order valence-corrected chi connectivity index (χ0v) is 16.9. The lowest BCUT2D eigenvalue weighted by Gasteiger charge is -2.29. The predicted molar refractivity (Wildman–Crippen MR) is 117 cm³/mol. The van der Waals surface area contributed by atoms with Gasteiger partial charge in [-0.15, -0.1) is 0 Å². The van der Waals surface area contributed by atoms with Gasteiger partial charge in [0.05, 0.1) is 24.7 Å². The summed E-state index contributed by atoms with van der Waals surface area (Å²) >= 11 is 0. The molecule has 0 aromatic heterocycles. The number of fused-ring (bicyclic) bond motifs is 1. The first-order valence-electron chi connectivity index (χ1n) is 10.0. The normalized spacial score (nSPS) is 15.3. The number of nitrogens with zero attached hydrogens (tertiary/aromatic N) is 3. The molecule has 9 nitrogen and oxygen atoms in total. The highest BCUT2D eigenvalue weighted by molar-refractivity contribution is 5.95. The Labute approximate surface area is 174 Å². The van der Waals surface area contributed by atoms with Crippen LogP contribution < -0.4 is 20.4 Å². The molecule has 0 unspecified atom stereocenters. The minimum absolute atomic E-state index is 0.0163. The van der Waals surface area contributed by atoms with Crippen molar-refractivity contribution in [2.45, 2.75) is 6.42 Å². The Kier molecular flexibility index (Phi) is 5.71. The van der Waals surface area contributed by atoms with Crippen molar-refractivity contribution in [3.63, 3.8) is 0 Å². The zero-order valence-electron chi connectivity index (χ0n) is 16.9. The van der Waals surface area contributed by atoms with Crippen LogP contribution in [0.4, 0.5) is 28.4 Å². The minimum Gasteiger partial charge on any atom is -0.384 e. The van der Waals surface area contributed by atoms with Crippen molar-refractivity contribution in [1.82, 2.24) is 0 Å². The van der Waals surface area contributed by atoms with E-state index in [1.165, 1.54) is 6.07 Å². The Balaban J connectivity index is 1.43. The smallest absolute Gasteiger partial charge is 0.292 e. The van der Waals surface area contributed by atoms with Crippen LogP contribution in [0.5, 0.6) is 0 Å². The van der Waals surface area contributed by atoms with Crippen LogP contribution in [0.3, 0.4) is 0 Å². The second kappa shape index (κ2) is 8.58. The third kappa shape index (κ3) is 4.16. The van der Waals surface area contributed by atoms with Gasteiger partial charge >= 0.3 is 0 Å². The van der Waals surface area contributed by atoms with E-state index < -0.39 is 4.92 Å². The Morgan fingerprint density at radius 1 is 1.23 bits per heavy atom. The zero-order chi connectivity index (χ0) is 21.1. The Morgan fingerprint density at radius 3 is 2.67 bits per heavy atom. The van der Waals surface area contributed by atoms with Crippen LogP contribution in [-0.2, 0) is 16.0 Å². The first-order valence-corrected chi connectivity index (χ1v) is 10.0. The van der Waals surface area contributed by atoms with E-state index in [0.717, 1.165) is 49.8 Å². The fraction of sp³-hybridized carbons (Fsp3) is 0.381. The monoisotopic (exact) mass is 411 g/mol. The predicted octanol–water partition coefficient (Wildman–Crippen LogP) is 2.47. The van der Waals surface area contributed by atoms with E-state index >= 15 is 0 Å². The summed E-state index contributed by atoms with van der Waals surface area (Å²) in [5.41, 5.74) is 4.08. The minimum atomic E-state index is -0.396. The maximum absolute atomic E-state index is 12.6. The maximum atomic E-state index is 12.6. The van der Waals surface area contributed by atoms with Crippen molar-refractivity contribution >= 4 is 34.3 Å². The summed E-state index contributed by atoms with van der Waals surface area (Å²) in [5, 5.41) is 17.6. The van der Waals surface area contributed by atoms with Crippen molar-refractivity contribution in [2.24, 2.45) is 0 Å². The van der Waals surface area contributed by atoms with E-state index in [9.17, 15) is 14.9 Å². The third-order valence-corrected chi connectivity index (χ3v) is 5.44. The molecule has 2 aliphatic heterocycles. The molecule has 1 saturated heterocycles. The summed E-state index contributed by atoms with van der Waals surface area (Å²) in [6, 6.07) is 10.9. The van der Waals surface area contributed by atoms with Crippen molar-refractivity contribution < 1.29 is 14.5 Å². The van der Waals surface area contributed by atoms with Gasteiger partial charge in [-0.05, 0) is 36.8 Å². The highest BCUT2D eigenvalue weighted by atomic mass is 16.6. The van der Waals surface area contributed by atoms with Crippen LogP contribution in [0, 0.1) is 10.1 Å². The highest BCUT2D eigenvalue weighted by Gasteiger charge is 2.27. The molecule has 2 aromatic carbocycles. The number of carbonyl (C=O) groups excluding carboxylic acids is 1. The van der Waals surface area contributed by atoms with Crippen LogP contribution in [-0.4, -0.2) is 57.3 Å². The molecule has 2 heterocycles. The maximum Gasteiger partial charge on any atom is 0.292 e. The van der Waals surface area contributed by atoms with Gasteiger partial charge in [-0.3, -0.25) is 14.9 Å². The molecule has 30 heavy (non-hydrogen) atoms. The average molecular weight is 411 g/mol. The number of ether oxygens (including phenoxy) is 1. The fourth-order valence-electron chi connectivity index (χ4n) is 4.01. The molecule has 0 saturated carbocycles. The van der Waals surface area contributed by atoms with Gasteiger partial charge in [0.1, 0.15) is 5.69 Å². The van der Waals surface area contributed by atoms with E-state index in [4.69, 9.17) is 4.74 Å². The quantitative estimate of drug-likeness (QED) is 0.556. The Morgan fingerprint density at radius 2 is 1.97 bits per heavy atom. The van der Waals surface area contributed by atoms with Crippen LogP contribution in [0.2, 0.25) is 0 Å². The fourth-order valence-corrected chi connectivity index (χ4v) is 4.01. The van der Waals surface area contributed by atoms with Gasteiger partial charge < -0.3 is 25.2 Å². The molecule has 2 N–H and O–H groups in total. The SMILES string of the molecule is CN(CC(=O)Nc1ccc(N2CCOCC2)cc1)c1c([N+](=O)[O-])ccc2c1CCN2. The summed E-state index contributed by atoms with van der Waals surface area (Å²) in [6.45, 7) is 3.89. The van der Waals surface area contributed by atoms with Gasteiger partial charge in [-0.2, -0.15) is 0 Å². The van der Waals surface area contributed by atoms with E-state index in [1.807, 2.05) is 24.3 Å². The standard InChI is InChI=1S/C21H25N5O4/c1-24(21-17-8-9-22-18(17)6-7-19(21)26(28)29)14-20(27)23-15-2-4-16(5-3-15)25-10-12-30-13-11-25/h2-7,22H,8-14H2,1H3,(H,23,27). The van der Waals surface area contributed by atoms with Gasteiger partial charge in [0.15, 0.2) is 0 Å². The Hall–Kier alpha value is -3.33. The number of benzene rings is 2. The van der Waals surface area contributed by atoms with Crippen molar-refractivity contribution in [3.8, 4) is 0 Å². The van der Waals surface area contributed by atoms with Crippen LogP contribution >= 0.6 is 0 Å². The van der Waals surface area contributed by atoms with Crippen LogP contribution in [0.15, 0.2) is 36.4 Å². The number of nitro groups is 1. The number of hydrogen-bond donors (Lipinski definition) is 2. The molecule has 2 aromatic rings. The molecule has 9 heteroatoms. The lowest BCUT2D eigenvalue weighted by Crippen LogP contribution is -2.36. The van der Waals surface area contributed by atoms with E-state index in [-0.39, 0.29) is 18.1 Å². The Bertz CT molecular complexity index is 941. The number of amides is 1. The second-order valence-corrected chi connectivity index (χ2v) is 7.44. The number of morpholine rings is 1. The molecular formula is C21H25N5O4. The number of nitrogens with one attached hydrogen (secondary N) is 2. The largest absolute Gasteiger partial charge is 0.384 e. The van der Waals surface area contributed by atoms with Gasteiger partial charge in [0.25, 0.3) is 5.69 Å². The topological polar surface area (TPSA) is 100.0 Å². The van der Waals surface area contributed by atoms with Crippen LogP contribution in [0.25, 0.3) is 0 Å². The first-order chi connectivity index (χ1) is 14.5. The molecule has 0 bridgehead atoms. The molecule has 0 aliphatic carbocycles. The second-order valence-electron chi connectivity index (χ2n) is 7.44. The third-order valence-electron chi connectivity index (χ3n) is 5.44. The highest BCUT2D eigenvalue weighted by Crippen LogP contribution is 2.38. The van der Waals surface area contributed by atoms with E-state index in [2.05, 4.69) is 15.5 Å². The molecule has 2 aliphatic rings. The molecular weight excluding hydrogens is 386 g/mol. The van der Waals surface area contributed by atoms with Gasteiger partial charge in [0.2, 0.25) is 5.91 Å². The van der Waals surface area contributed by atoms with Crippen molar-refractivity contribution in [1.29, 1.82) is 0 Å². The molecule has 1 fully saturated rings. The van der Waals surface area contributed by atoms with E-state index in [1.54, 1.807) is 18.0 Å². The lowest BCUT2D eigenvalue weighted by atomic mass is 10.1. The molecule has 0 atom stereocenters. The van der Waals surface area contributed by atoms with Crippen molar-refractivity contribution in [3.05, 3.63) is 52.1 Å². The number of nitro benzene ring substituents is 1. The molecule has 0 spiro atoms. The summed E-state index contributed by atoms with van der Waals surface area (Å²) in [6.07, 6.45) is 0.696. The van der Waals surface area contributed by atoms with Gasteiger partial charge in [-0.25, -0.2) is 0 Å². The van der Waals surface area contributed by atoms with Gasteiger partial charge in [-0.1, -0.05) is 0 Å². The number of likely N-dealkylation sites (N-methyl/N-ethyl adjacent to an activating group) is 1. The van der Waals surface area contributed by atoms with Crippen LogP contribution in [0.1, 0.15) is 5.56 Å². The molecule has 158 valence electrons. The average Bonchev–Trinajstić information content (AvgIpc) is 3.22. The summed E-state index contributed by atoms with van der Waals surface area (Å²) in [4.78, 5) is 27.6. The van der Waals surface area contributed by atoms with Crippen molar-refractivity contribution in [2.75, 3.05) is 66.9 Å². The number of carbonyl (C=O) groups is 1. The first kappa shape index (κ1) is 20.0. The molecule has 0 radical (unpaired) electrons. The lowest BCUT2D eigenvalue weighted by molar-refractivity contribution is -0.384. The van der Waals surface area contributed by atoms with Gasteiger partial charge in [0, 0.05) is 55.4 Å². The number of anilines is 4. The molecule has 4 rings (SSSR count). The summed E-state index contributed by atoms with van der Waals surface area (Å²) < 4.78 is 5.37. The van der Waals surface area contributed by atoms with E-state index in [0.29, 0.717) is 17.8 Å².